The minimum absolute atomic E-state index is 0.152. The fourth-order valence-electron chi connectivity index (χ4n) is 2.12. The highest BCUT2D eigenvalue weighted by atomic mass is 35.5. The lowest BCUT2D eigenvalue weighted by Gasteiger charge is -2.09. The van der Waals surface area contributed by atoms with Crippen LogP contribution in [0.3, 0.4) is 0 Å². The summed E-state index contributed by atoms with van der Waals surface area (Å²) in [4.78, 5) is 11.7. The normalized spacial score (nSPS) is 11.0. The van der Waals surface area contributed by atoms with Crippen LogP contribution in [-0.4, -0.2) is 10.2 Å². The highest BCUT2D eigenvalue weighted by Gasteiger charge is 2.13. The summed E-state index contributed by atoms with van der Waals surface area (Å²) in [6, 6.07) is 8.63. The Morgan fingerprint density at radius 1 is 0.905 bits per heavy atom. The molecule has 1 heterocycles. The van der Waals surface area contributed by atoms with E-state index in [1.165, 1.54) is 18.2 Å². The maximum Gasteiger partial charge on any atom is 0.336 e. The number of phenolic OH excluding ortho intramolecular Hbond substituents is 2. The fraction of sp³-hybridized carbons (Fsp3) is 0. The van der Waals surface area contributed by atoms with E-state index in [4.69, 9.17) is 27.6 Å². The van der Waals surface area contributed by atoms with Crippen LogP contribution in [0.5, 0.6) is 11.5 Å². The molecule has 0 unspecified atom stereocenters. The molecule has 0 aliphatic heterocycles. The molecule has 0 bridgehead atoms. The van der Waals surface area contributed by atoms with Gasteiger partial charge in [0.1, 0.15) is 5.58 Å². The molecule has 1 aromatic heterocycles. The Bertz CT molecular complexity index is 915. The van der Waals surface area contributed by atoms with Crippen LogP contribution in [0.1, 0.15) is 0 Å². The first-order valence-corrected chi connectivity index (χ1v) is 6.66. The molecule has 4 nitrogen and oxygen atoms in total. The van der Waals surface area contributed by atoms with Crippen LogP contribution in [0.2, 0.25) is 10.0 Å². The molecule has 0 radical (unpaired) electrons. The molecule has 21 heavy (non-hydrogen) atoms. The molecule has 0 aliphatic carbocycles. The lowest BCUT2D eigenvalue weighted by atomic mass is 10.0. The number of halogens is 2. The highest BCUT2D eigenvalue weighted by Crippen LogP contribution is 2.37. The third kappa shape index (κ3) is 2.44. The molecule has 2 N–H and O–H groups in total. The van der Waals surface area contributed by atoms with E-state index in [2.05, 4.69) is 0 Å². The molecule has 2 aromatic carbocycles. The Hall–Kier alpha value is -2.17. The van der Waals surface area contributed by atoms with Crippen molar-refractivity contribution in [2.45, 2.75) is 0 Å². The van der Waals surface area contributed by atoms with E-state index in [0.29, 0.717) is 26.6 Å². The van der Waals surface area contributed by atoms with Gasteiger partial charge in [0.2, 0.25) is 0 Å². The summed E-state index contributed by atoms with van der Waals surface area (Å²) >= 11 is 12.0. The zero-order valence-electron chi connectivity index (χ0n) is 10.4. The van der Waals surface area contributed by atoms with Gasteiger partial charge in [-0.2, -0.15) is 0 Å². The van der Waals surface area contributed by atoms with Crippen LogP contribution in [0.4, 0.5) is 0 Å². The highest BCUT2D eigenvalue weighted by molar-refractivity contribution is 6.36. The summed E-state index contributed by atoms with van der Waals surface area (Å²) < 4.78 is 5.03. The zero-order chi connectivity index (χ0) is 15.1. The van der Waals surface area contributed by atoms with Gasteiger partial charge in [0, 0.05) is 38.7 Å². The molecule has 0 aliphatic rings. The van der Waals surface area contributed by atoms with E-state index < -0.39 is 5.63 Å². The van der Waals surface area contributed by atoms with Crippen LogP contribution >= 0.6 is 23.2 Å². The Morgan fingerprint density at radius 2 is 1.62 bits per heavy atom. The minimum Gasteiger partial charge on any atom is -0.504 e. The average Bonchev–Trinajstić information content (AvgIpc) is 2.40. The Morgan fingerprint density at radius 3 is 2.33 bits per heavy atom. The summed E-state index contributed by atoms with van der Waals surface area (Å²) in [5, 5.41) is 20.4. The van der Waals surface area contributed by atoms with Gasteiger partial charge >= 0.3 is 5.63 Å². The first-order chi connectivity index (χ1) is 9.95. The summed E-state index contributed by atoms with van der Waals surface area (Å²) in [5.74, 6) is -0.687. The van der Waals surface area contributed by atoms with Crippen molar-refractivity contribution in [1.29, 1.82) is 0 Å². The van der Waals surface area contributed by atoms with Crippen molar-refractivity contribution < 1.29 is 14.6 Å². The van der Waals surface area contributed by atoms with Crippen LogP contribution in [0, 0.1) is 0 Å². The average molecular weight is 323 g/mol. The van der Waals surface area contributed by atoms with Gasteiger partial charge in [0.25, 0.3) is 0 Å². The molecule has 0 fully saturated rings. The molecule has 3 rings (SSSR count). The van der Waals surface area contributed by atoms with Crippen molar-refractivity contribution in [2.24, 2.45) is 0 Å². The van der Waals surface area contributed by atoms with E-state index in [1.807, 2.05) is 0 Å². The third-order valence-electron chi connectivity index (χ3n) is 3.06. The largest absolute Gasteiger partial charge is 0.504 e. The van der Waals surface area contributed by atoms with E-state index in [9.17, 15) is 15.0 Å². The summed E-state index contributed by atoms with van der Waals surface area (Å²) in [6.07, 6.45) is 0. The first kappa shape index (κ1) is 13.8. The molecular formula is C15H8Cl2O4. The van der Waals surface area contributed by atoms with Crippen molar-refractivity contribution >= 4 is 34.2 Å². The quantitative estimate of drug-likeness (QED) is 0.521. The first-order valence-electron chi connectivity index (χ1n) is 5.91. The third-order valence-corrected chi connectivity index (χ3v) is 3.61. The molecule has 0 amide bonds. The van der Waals surface area contributed by atoms with Crippen molar-refractivity contribution in [2.75, 3.05) is 0 Å². The van der Waals surface area contributed by atoms with Gasteiger partial charge in [-0.15, -0.1) is 0 Å². The fourth-order valence-corrected chi connectivity index (χ4v) is 2.63. The van der Waals surface area contributed by atoms with E-state index >= 15 is 0 Å². The van der Waals surface area contributed by atoms with Crippen molar-refractivity contribution in [3.05, 3.63) is 56.9 Å². The Balaban J connectivity index is 2.41. The van der Waals surface area contributed by atoms with E-state index in [1.54, 1.807) is 18.2 Å². The summed E-state index contributed by atoms with van der Waals surface area (Å²) in [7, 11) is 0. The van der Waals surface area contributed by atoms with Gasteiger partial charge in [-0.1, -0.05) is 29.3 Å². The number of rotatable bonds is 1. The molecule has 0 saturated carbocycles. The summed E-state index contributed by atoms with van der Waals surface area (Å²) in [6.45, 7) is 0. The van der Waals surface area contributed by atoms with Gasteiger partial charge in [-0.25, -0.2) is 4.79 Å². The minimum atomic E-state index is -0.589. The lowest BCUT2D eigenvalue weighted by molar-refractivity contribution is 0.403. The SMILES string of the molecule is O=c1cc(-c2ccc(Cl)cc2Cl)c2cc(O)c(O)cc2o1. The topological polar surface area (TPSA) is 70.7 Å². The monoisotopic (exact) mass is 322 g/mol. The van der Waals surface area contributed by atoms with Gasteiger partial charge < -0.3 is 14.6 Å². The van der Waals surface area contributed by atoms with Crippen molar-refractivity contribution in [1.82, 2.24) is 0 Å². The maximum atomic E-state index is 11.7. The molecule has 6 heteroatoms. The number of phenols is 2. The van der Waals surface area contributed by atoms with Crippen LogP contribution in [0.15, 0.2) is 45.6 Å². The number of fused-ring (bicyclic) bond motifs is 1. The van der Waals surface area contributed by atoms with Gasteiger partial charge in [0.05, 0.1) is 0 Å². The van der Waals surface area contributed by atoms with Gasteiger partial charge in [0.15, 0.2) is 11.5 Å². The Kier molecular flexibility index (Phi) is 3.27. The predicted molar refractivity (Wildman–Crippen MR) is 81.3 cm³/mol. The number of benzene rings is 2. The van der Waals surface area contributed by atoms with E-state index in [0.717, 1.165) is 0 Å². The second-order valence-corrected chi connectivity index (χ2v) is 5.28. The molecule has 0 spiro atoms. The maximum absolute atomic E-state index is 11.7. The molecule has 0 saturated heterocycles. The molecule has 0 atom stereocenters. The van der Waals surface area contributed by atoms with Crippen molar-refractivity contribution in [3.63, 3.8) is 0 Å². The van der Waals surface area contributed by atoms with E-state index in [-0.39, 0.29) is 17.1 Å². The predicted octanol–water partition coefficient (Wildman–Crippen LogP) is 4.18. The van der Waals surface area contributed by atoms with Crippen LogP contribution in [-0.2, 0) is 0 Å². The molecule has 106 valence electrons. The Labute approximate surface area is 128 Å². The lowest BCUT2D eigenvalue weighted by Crippen LogP contribution is -1.98. The standard InChI is InChI=1S/C15H8Cl2O4/c16-7-1-2-8(11(17)3-7)9-5-15(20)21-14-6-13(19)12(18)4-10(9)14/h1-6,18-19H. The smallest absolute Gasteiger partial charge is 0.336 e. The van der Waals surface area contributed by atoms with Gasteiger partial charge in [-0.05, 0) is 18.2 Å². The second-order valence-electron chi connectivity index (χ2n) is 4.44. The number of hydrogen-bond acceptors (Lipinski definition) is 4. The number of hydrogen-bond donors (Lipinski definition) is 2. The number of aromatic hydroxyl groups is 2. The van der Waals surface area contributed by atoms with Crippen molar-refractivity contribution in [3.8, 4) is 22.6 Å². The van der Waals surface area contributed by atoms with Crippen LogP contribution < -0.4 is 5.63 Å². The van der Waals surface area contributed by atoms with Gasteiger partial charge in [-0.3, -0.25) is 0 Å². The second kappa shape index (κ2) is 4.98. The molecular weight excluding hydrogens is 315 g/mol. The van der Waals surface area contributed by atoms with Crippen LogP contribution in [0.25, 0.3) is 22.1 Å². The molecule has 3 aromatic rings. The summed E-state index contributed by atoms with van der Waals surface area (Å²) in [5.41, 5.74) is 0.620. The zero-order valence-corrected chi connectivity index (χ0v) is 11.9.